The van der Waals surface area contributed by atoms with Gasteiger partial charge in [0.25, 0.3) is 0 Å². The number of aromatic nitrogens is 1. The van der Waals surface area contributed by atoms with Crippen LogP contribution < -0.4 is 16.0 Å². The first-order chi connectivity index (χ1) is 5.83. The summed E-state index contributed by atoms with van der Waals surface area (Å²) in [6, 6.07) is 1.92. The van der Waals surface area contributed by atoms with Crippen molar-refractivity contribution >= 4 is 17.2 Å². The van der Waals surface area contributed by atoms with E-state index in [1.54, 1.807) is 6.20 Å². The molecular formula is C8H14N4. The minimum absolute atomic E-state index is 0.851. The molecule has 0 aliphatic carbocycles. The number of pyridine rings is 1. The second-order valence-corrected chi connectivity index (χ2v) is 2.33. The van der Waals surface area contributed by atoms with Gasteiger partial charge in [-0.25, -0.2) is 4.98 Å². The molecule has 1 heterocycles. The van der Waals surface area contributed by atoms with Crippen molar-refractivity contribution in [3.63, 3.8) is 0 Å². The Morgan fingerprint density at radius 2 is 1.83 bits per heavy atom. The van der Waals surface area contributed by atoms with Crippen LogP contribution in [0.3, 0.4) is 0 Å². The summed E-state index contributed by atoms with van der Waals surface area (Å²) in [5.74, 6) is 0.851. The number of nitrogens with zero attached hydrogens (tertiary/aromatic N) is 1. The lowest BCUT2D eigenvalue weighted by Crippen LogP contribution is -2.02. The Hall–Kier alpha value is -1.45. The standard InChI is InChI=1S/C8H14N4/c1-9-6-4-5-12-8(11-3)7(6)10-2/h4-5,10H,1-3H3,(H2,9,11,12). The fourth-order valence-electron chi connectivity index (χ4n) is 1.11. The summed E-state index contributed by atoms with van der Waals surface area (Å²) in [5, 5.41) is 9.16. The minimum atomic E-state index is 0.851. The van der Waals surface area contributed by atoms with E-state index < -0.39 is 0 Å². The molecule has 0 bridgehead atoms. The lowest BCUT2D eigenvalue weighted by molar-refractivity contribution is 1.27. The van der Waals surface area contributed by atoms with E-state index in [2.05, 4.69) is 20.9 Å². The summed E-state index contributed by atoms with van der Waals surface area (Å²) < 4.78 is 0. The molecule has 0 radical (unpaired) electrons. The van der Waals surface area contributed by atoms with Gasteiger partial charge in [0.2, 0.25) is 0 Å². The van der Waals surface area contributed by atoms with Crippen LogP contribution in [0.1, 0.15) is 0 Å². The zero-order valence-electron chi connectivity index (χ0n) is 7.60. The molecule has 4 nitrogen and oxygen atoms in total. The highest BCUT2D eigenvalue weighted by Gasteiger charge is 2.03. The molecule has 66 valence electrons. The van der Waals surface area contributed by atoms with E-state index in [1.165, 1.54) is 0 Å². The maximum absolute atomic E-state index is 4.16. The first-order valence-corrected chi connectivity index (χ1v) is 3.85. The zero-order valence-corrected chi connectivity index (χ0v) is 7.60. The van der Waals surface area contributed by atoms with Crippen LogP contribution in [-0.4, -0.2) is 26.1 Å². The predicted molar refractivity (Wildman–Crippen MR) is 52.9 cm³/mol. The quantitative estimate of drug-likeness (QED) is 0.631. The molecule has 0 aliphatic heterocycles. The van der Waals surface area contributed by atoms with Gasteiger partial charge in [-0.3, -0.25) is 0 Å². The van der Waals surface area contributed by atoms with Crippen molar-refractivity contribution in [2.45, 2.75) is 0 Å². The third-order valence-corrected chi connectivity index (χ3v) is 1.71. The largest absolute Gasteiger partial charge is 0.386 e. The van der Waals surface area contributed by atoms with E-state index in [9.17, 15) is 0 Å². The molecule has 0 aliphatic rings. The monoisotopic (exact) mass is 166 g/mol. The first kappa shape index (κ1) is 8.64. The second kappa shape index (κ2) is 3.80. The van der Waals surface area contributed by atoms with Crippen molar-refractivity contribution < 1.29 is 0 Å². The van der Waals surface area contributed by atoms with Crippen molar-refractivity contribution in [3.05, 3.63) is 12.3 Å². The van der Waals surface area contributed by atoms with Gasteiger partial charge in [-0.1, -0.05) is 0 Å². The Balaban J connectivity index is 3.13. The summed E-state index contributed by atoms with van der Waals surface area (Å²) in [6.45, 7) is 0. The third kappa shape index (κ3) is 1.42. The number of anilines is 3. The molecule has 0 unspecified atom stereocenters. The lowest BCUT2D eigenvalue weighted by Gasteiger charge is -2.11. The van der Waals surface area contributed by atoms with Crippen molar-refractivity contribution in [3.8, 4) is 0 Å². The summed E-state index contributed by atoms with van der Waals surface area (Å²) >= 11 is 0. The molecule has 1 aromatic heterocycles. The average molecular weight is 166 g/mol. The van der Waals surface area contributed by atoms with Crippen LogP contribution >= 0.6 is 0 Å². The van der Waals surface area contributed by atoms with Crippen molar-refractivity contribution in [1.82, 2.24) is 4.98 Å². The minimum Gasteiger partial charge on any atom is -0.386 e. The van der Waals surface area contributed by atoms with E-state index in [0.717, 1.165) is 17.2 Å². The van der Waals surface area contributed by atoms with Crippen LogP contribution in [0.15, 0.2) is 12.3 Å². The topological polar surface area (TPSA) is 49.0 Å². The van der Waals surface area contributed by atoms with Crippen LogP contribution in [0.4, 0.5) is 17.2 Å². The summed E-state index contributed by atoms with van der Waals surface area (Å²) in [4.78, 5) is 4.16. The Labute approximate surface area is 72.4 Å². The molecular weight excluding hydrogens is 152 g/mol. The molecule has 12 heavy (non-hydrogen) atoms. The molecule has 0 amide bonds. The molecule has 1 rings (SSSR count). The Morgan fingerprint density at radius 1 is 1.08 bits per heavy atom. The molecule has 0 atom stereocenters. The van der Waals surface area contributed by atoms with Gasteiger partial charge in [0.15, 0.2) is 5.82 Å². The zero-order chi connectivity index (χ0) is 8.97. The highest BCUT2D eigenvalue weighted by Crippen LogP contribution is 2.26. The van der Waals surface area contributed by atoms with Gasteiger partial charge in [0.05, 0.1) is 5.69 Å². The molecule has 3 N–H and O–H groups in total. The van der Waals surface area contributed by atoms with E-state index in [4.69, 9.17) is 0 Å². The van der Waals surface area contributed by atoms with E-state index in [-0.39, 0.29) is 0 Å². The van der Waals surface area contributed by atoms with Gasteiger partial charge in [0, 0.05) is 27.3 Å². The van der Waals surface area contributed by atoms with Gasteiger partial charge < -0.3 is 16.0 Å². The molecule has 0 aromatic carbocycles. The molecule has 1 aromatic rings. The maximum Gasteiger partial charge on any atom is 0.151 e. The normalized spacial score (nSPS) is 9.25. The van der Waals surface area contributed by atoms with E-state index >= 15 is 0 Å². The SMILES string of the molecule is CNc1ccnc(NC)c1NC. The Morgan fingerprint density at radius 3 is 2.33 bits per heavy atom. The number of rotatable bonds is 3. The van der Waals surface area contributed by atoms with E-state index in [1.807, 2.05) is 27.2 Å². The number of hydrogen-bond donors (Lipinski definition) is 3. The summed E-state index contributed by atoms with van der Waals surface area (Å²) in [6.07, 6.45) is 1.76. The van der Waals surface area contributed by atoms with Crippen LogP contribution in [0.5, 0.6) is 0 Å². The fraction of sp³-hybridized carbons (Fsp3) is 0.375. The lowest BCUT2D eigenvalue weighted by atomic mass is 10.3. The van der Waals surface area contributed by atoms with Gasteiger partial charge in [-0.15, -0.1) is 0 Å². The molecule has 0 fully saturated rings. The first-order valence-electron chi connectivity index (χ1n) is 3.85. The van der Waals surface area contributed by atoms with Crippen LogP contribution in [-0.2, 0) is 0 Å². The molecule has 4 heteroatoms. The van der Waals surface area contributed by atoms with Gasteiger partial charge in [-0.05, 0) is 6.07 Å². The third-order valence-electron chi connectivity index (χ3n) is 1.71. The van der Waals surface area contributed by atoms with Crippen LogP contribution in [0.2, 0.25) is 0 Å². The van der Waals surface area contributed by atoms with Gasteiger partial charge in [-0.2, -0.15) is 0 Å². The van der Waals surface area contributed by atoms with Crippen LogP contribution in [0.25, 0.3) is 0 Å². The fourth-order valence-corrected chi connectivity index (χ4v) is 1.11. The Bertz CT molecular complexity index is 237. The van der Waals surface area contributed by atoms with Gasteiger partial charge in [0.1, 0.15) is 5.69 Å². The van der Waals surface area contributed by atoms with Crippen LogP contribution in [0, 0.1) is 0 Å². The molecule has 0 saturated carbocycles. The second-order valence-electron chi connectivity index (χ2n) is 2.33. The average Bonchev–Trinajstić information content (AvgIpc) is 2.16. The maximum atomic E-state index is 4.16. The molecule has 0 saturated heterocycles. The number of hydrogen-bond acceptors (Lipinski definition) is 4. The van der Waals surface area contributed by atoms with Crippen molar-refractivity contribution in [1.29, 1.82) is 0 Å². The highest BCUT2D eigenvalue weighted by atomic mass is 15.0. The van der Waals surface area contributed by atoms with Crippen molar-refractivity contribution in [2.75, 3.05) is 37.1 Å². The predicted octanol–water partition coefficient (Wildman–Crippen LogP) is 1.21. The van der Waals surface area contributed by atoms with E-state index in [0.29, 0.717) is 0 Å². The smallest absolute Gasteiger partial charge is 0.151 e. The summed E-state index contributed by atoms with van der Waals surface area (Å²) in [7, 11) is 5.61. The van der Waals surface area contributed by atoms with Gasteiger partial charge >= 0.3 is 0 Å². The highest BCUT2D eigenvalue weighted by molar-refractivity contribution is 5.79. The summed E-state index contributed by atoms with van der Waals surface area (Å²) in [5.41, 5.74) is 2.03. The number of nitrogens with one attached hydrogen (secondary N) is 3. The molecule has 0 spiro atoms. The Kier molecular flexibility index (Phi) is 2.74. The van der Waals surface area contributed by atoms with Crippen molar-refractivity contribution in [2.24, 2.45) is 0 Å².